The summed E-state index contributed by atoms with van der Waals surface area (Å²) in [6.45, 7) is 5.15. The molecule has 0 bridgehead atoms. The normalized spacial score (nSPS) is 12.4. The maximum absolute atomic E-state index is 5.99. The number of nitrogens with zero attached hydrogens (tertiary/aromatic N) is 1. The number of hydrogen-bond donors (Lipinski definition) is 1. The predicted octanol–water partition coefficient (Wildman–Crippen LogP) is 4.90. The second kappa shape index (κ2) is 10.7. The summed E-state index contributed by atoms with van der Waals surface area (Å²) < 4.78 is 0. The van der Waals surface area contributed by atoms with Crippen LogP contribution in [0.15, 0.2) is 24.3 Å². The van der Waals surface area contributed by atoms with E-state index in [1.165, 1.54) is 62.6 Å². The molecule has 0 aliphatic heterocycles. The van der Waals surface area contributed by atoms with Crippen LogP contribution >= 0.6 is 0 Å². The molecule has 21 heavy (non-hydrogen) atoms. The van der Waals surface area contributed by atoms with Crippen molar-refractivity contribution >= 4 is 5.69 Å². The fraction of sp³-hybridized carbons (Fsp3) is 0.684. The van der Waals surface area contributed by atoms with E-state index in [2.05, 4.69) is 50.1 Å². The lowest BCUT2D eigenvalue weighted by Crippen LogP contribution is -2.37. The highest BCUT2D eigenvalue weighted by atomic mass is 15.1. The summed E-state index contributed by atoms with van der Waals surface area (Å²) in [6, 6.07) is 9.16. The van der Waals surface area contributed by atoms with Gasteiger partial charge in [0, 0.05) is 25.3 Å². The molecule has 2 heteroatoms. The molecule has 2 nitrogen and oxygen atoms in total. The minimum Gasteiger partial charge on any atom is -0.370 e. The molecule has 1 rings (SSSR count). The first-order chi connectivity index (χ1) is 10.2. The Balaban J connectivity index is 2.30. The third kappa shape index (κ3) is 6.99. The van der Waals surface area contributed by atoms with E-state index in [0.717, 1.165) is 6.54 Å². The van der Waals surface area contributed by atoms with Gasteiger partial charge in [-0.15, -0.1) is 0 Å². The van der Waals surface area contributed by atoms with Crippen LogP contribution in [0.25, 0.3) is 0 Å². The Labute approximate surface area is 131 Å². The van der Waals surface area contributed by atoms with E-state index < -0.39 is 0 Å². The summed E-state index contributed by atoms with van der Waals surface area (Å²) in [4.78, 5) is 2.35. The lowest BCUT2D eigenvalue weighted by Gasteiger charge is -2.29. The summed E-state index contributed by atoms with van der Waals surface area (Å²) in [5.74, 6) is 0. The van der Waals surface area contributed by atoms with E-state index in [1.54, 1.807) is 0 Å². The third-order valence-electron chi connectivity index (χ3n) is 4.37. The Bertz CT molecular complexity index is 376. The van der Waals surface area contributed by atoms with Gasteiger partial charge in [0.25, 0.3) is 0 Å². The summed E-state index contributed by atoms with van der Waals surface area (Å²) in [5, 5.41) is 0. The SMILES string of the molecule is CCCCCCCCCC(CN)N(C)c1cccc(C)c1. The van der Waals surface area contributed by atoms with Crippen LogP contribution in [0.1, 0.15) is 63.9 Å². The number of anilines is 1. The molecule has 0 amide bonds. The lowest BCUT2D eigenvalue weighted by molar-refractivity contribution is 0.520. The van der Waals surface area contributed by atoms with E-state index in [9.17, 15) is 0 Å². The van der Waals surface area contributed by atoms with Crippen molar-refractivity contribution in [2.75, 3.05) is 18.5 Å². The number of benzene rings is 1. The zero-order chi connectivity index (χ0) is 15.5. The van der Waals surface area contributed by atoms with Gasteiger partial charge in [0.15, 0.2) is 0 Å². The Morgan fingerprint density at radius 3 is 2.33 bits per heavy atom. The number of likely N-dealkylation sites (N-methyl/N-ethyl adjacent to an activating group) is 1. The average molecular weight is 290 g/mol. The zero-order valence-electron chi connectivity index (χ0n) is 14.3. The molecule has 0 heterocycles. The zero-order valence-corrected chi connectivity index (χ0v) is 14.3. The third-order valence-corrected chi connectivity index (χ3v) is 4.37. The number of rotatable bonds is 11. The Kier molecular flexibility index (Phi) is 9.16. The quantitative estimate of drug-likeness (QED) is 0.587. The smallest absolute Gasteiger partial charge is 0.0409 e. The summed E-state index contributed by atoms with van der Waals surface area (Å²) in [6.07, 6.45) is 10.7. The van der Waals surface area contributed by atoms with E-state index in [1.807, 2.05) is 0 Å². The summed E-state index contributed by atoms with van der Waals surface area (Å²) >= 11 is 0. The molecular weight excluding hydrogens is 256 g/mol. The average Bonchev–Trinajstić information content (AvgIpc) is 2.49. The Hall–Kier alpha value is -1.02. The number of hydrogen-bond acceptors (Lipinski definition) is 2. The highest BCUT2D eigenvalue weighted by Gasteiger charge is 2.13. The fourth-order valence-corrected chi connectivity index (χ4v) is 2.86. The van der Waals surface area contributed by atoms with Crippen LogP contribution < -0.4 is 10.6 Å². The van der Waals surface area contributed by atoms with Gasteiger partial charge in [0.05, 0.1) is 0 Å². The summed E-state index contributed by atoms with van der Waals surface area (Å²) in [5.41, 5.74) is 8.58. The van der Waals surface area contributed by atoms with Gasteiger partial charge in [0.1, 0.15) is 0 Å². The molecule has 0 radical (unpaired) electrons. The van der Waals surface area contributed by atoms with Crippen LogP contribution in [0.5, 0.6) is 0 Å². The van der Waals surface area contributed by atoms with Crippen molar-refractivity contribution in [2.24, 2.45) is 5.73 Å². The van der Waals surface area contributed by atoms with Gasteiger partial charge < -0.3 is 10.6 Å². The molecule has 0 saturated heterocycles. The molecule has 0 fully saturated rings. The number of unbranched alkanes of at least 4 members (excludes halogenated alkanes) is 6. The second-order valence-corrected chi connectivity index (χ2v) is 6.25. The van der Waals surface area contributed by atoms with E-state index in [0.29, 0.717) is 6.04 Å². The molecule has 1 unspecified atom stereocenters. The van der Waals surface area contributed by atoms with Gasteiger partial charge in [-0.3, -0.25) is 0 Å². The molecule has 1 aromatic rings. The van der Waals surface area contributed by atoms with Gasteiger partial charge in [-0.2, -0.15) is 0 Å². The largest absolute Gasteiger partial charge is 0.370 e. The molecule has 1 atom stereocenters. The summed E-state index contributed by atoms with van der Waals surface area (Å²) in [7, 11) is 2.17. The first-order valence-corrected chi connectivity index (χ1v) is 8.68. The standard InChI is InChI=1S/C19H34N2/c1-4-5-6-7-8-9-10-13-19(16-20)21(3)18-14-11-12-17(2)15-18/h11-12,14-15,19H,4-10,13,16,20H2,1-3H3. The number of nitrogens with two attached hydrogens (primary N) is 1. The number of aryl methyl sites for hydroxylation is 1. The van der Waals surface area contributed by atoms with Crippen molar-refractivity contribution in [1.29, 1.82) is 0 Å². The van der Waals surface area contributed by atoms with Crippen LogP contribution in [0, 0.1) is 6.92 Å². The molecule has 1 aromatic carbocycles. The molecule has 0 aromatic heterocycles. The van der Waals surface area contributed by atoms with Crippen molar-refractivity contribution in [3.05, 3.63) is 29.8 Å². The minimum absolute atomic E-state index is 0.461. The molecule has 120 valence electrons. The van der Waals surface area contributed by atoms with Crippen LogP contribution in [0.4, 0.5) is 5.69 Å². The molecule has 0 spiro atoms. The van der Waals surface area contributed by atoms with E-state index in [-0.39, 0.29) is 0 Å². The molecule has 0 aliphatic rings. The van der Waals surface area contributed by atoms with Gasteiger partial charge in [0.2, 0.25) is 0 Å². The maximum Gasteiger partial charge on any atom is 0.0409 e. The van der Waals surface area contributed by atoms with E-state index in [4.69, 9.17) is 5.73 Å². The van der Waals surface area contributed by atoms with Crippen molar-refractivity contribution in [3.8, 4) is 0 Å². The van der Waals surface area contributed by atoms with E-state index >= 15 is 0 Å². The van der Waals surface area contributed by atoms with Crippen LogP contribution in [-0.2, 0) is 0 Å². The first-order valence-electron chi connectivity index (χ1n) is 8.68. The van der Waals surface area contributed by atoms with Gasteiger partial charge in [-0.05, 0) is 31.0 Å². The molecule has 2 N–H and O–H groups in total. The maximum atomic E-state index is 5.99. The minimum atomic E-state index is 0.461. The van der Waals surface area contributed by atoms with Crippen molar-refractivity contribution in [2.45, 2.75) is 71.3 Å². The molecular formula is C19H34N2. The van der Waals surface area contributed by atoms with Crippen LogP contribution in [0.2, 0.25) is 0 Å². The van der Waals surface area contributed by atoms with Crippen LogP contribution in [0.3, 0.4) is 0 Å². The molecule has 0 saturated carbocycles. The topological polar surface area (TPSA) is 29.3 Å². The first kappa shape index (κ1) is 18.0. The van der Waals surface area contributed by atoms with Crippen LogP contribution in [-0.4, -0.2) is 19.6 Å². The Morgan fingerprint density at radius 1 is 1.05 bits per heavy atom. The fourth-order valence-electron chi connectivity index (χ4n) is 2.86. The highest BCUT2D eigenvalue weighted by Crippen LogP contribution is 2.19. The van der Waals surface area contributed by atoms with Gasteiger partial charge in [-0.1, -0.05) is 64.0 Å². The van der Waals surface area contributed by atoms with Gasteiger partial charge in [-0.25, -0.2) is 0 Å². The lowest BCUT2D eigenvalue weighted by atomic mass is 10.0. The van der Waals surface area contributed by atoms with Gasteiger partial charge >= 0.3 is 0 Å². The Morgan fingerprint density at radius 2 is 1.71 bits per heavy atom. The molecule has 0 aliphatic carbocycles. The van der Waals surface area contributed by atoms with Crippen molar-refractivity contribution in [1.82, 2.24) is 0 Å². The second-order valence-electron chi connectivity index (χ2n) is 6.25. The van der Waals surface area contributed by atoms with Crippen molar-refractivity contribution < 1.29 is 0 Å². The monoisotopic (exact) mass is 290 g/mol. The predicted molar refractivity (Wildman–Crippen MR) is 95.0 cm³/mol. The van der Waals surface area contributed by atoms with Crippen molar-refractivity contribution in [3.63, 3.8) is 0 Å². The highest BCUT2D eigenvalue weighted by molar-refractivity contribution is 5.48.